The zero-order chi connectivity index (χ0) is 17.8. The Morgan fingerprint density at radius 2 is 1.44 bits per heavy atom. The summed E-state index contributed by atoms with van der Waals surface area (Å²) < 4.78 is 40.5. The molecule has 0 saturated heterocycles. The molecule has 2 saturated carbocycles. The van der Waals surface area contributed by atoms with Crippen molar-refractivity contribution in [2.75, 3.05) is 11.9 Å². The smallest absolute Gasteiger partial charge is 0.344 e. The number of hydrogen-bond donors (Lipinski definition) is 0. The summed E-state index contributed by atoms with van der Waals surface area (Å²) in [5, 5.41) is 0. The second-order valence-electron chi connectivity index (χ2n) is 7.48. The molecular formula is C21H22F3N. The van der Waals surface area contributed by atoms with Gasteiger partial charge in [0.05, 0.1) is 11.3 Å². The summed E-state index contributed by atoms with van der Waals surface area (Å²) in [5.41, 5.74) is 3.70. The van der Waals surface area contributed by atoms with Crippen LogP contribution in [0.2, 0.25) is 0 Å². The minimum atomic E-state index is -4.36. The molecule has 0 bridgehead atoms. The van der Waals surface area contributed by atoms with Crippen LogP contribution in [0.25, 0.3) is 0 Å². The normalized spacial score (nSPS) is 17.6. The first kappa shape index (κ1) is 16.5. The van der Waals surface area contributed by atoms with E-state index in [1.54, 1.807) is 31.0 Å². The van der Waals surface area contributed by atoms with Gasteiger partial charge >= 0.3 is 6.18 Å². The molecule has 0 spiro atoms. The maximum Gasteiger partial charge on any atom is 0.418 e. The van der Waals surface area contributed by atoms with Crippen molar-refractivity contribution >= 4 is 11.4 Å². The number of alkyl halides is 3. The Balaban J connectivity index is 1.77. The molecule has 2 aliphatic carbocycles. The van der Waals surface area contributed by atoms with Crippen molar-refractivity contribution in [2.45, 2.75) is 50.6 Å². The second kappa shape index (κ2) is 5.79. The molecule has 0 atom stereocenters. The molecular weight excluding hydrogens is 323 g/mol. The molecule has 0 amide bonds. The van der Waals surface area contributed by atoms with Crippen molar-refractivity contribution in [1.29, 1.82) is 0 Å². The lowest BCUT2D eigenvalue weighted by Gasteiger charge is -2.25. The zero-order valence-corrected chi connectivity index (χ0v) is 14.5. The number of nitrogens with zero attached hydrogens (tertiary/aromatic N) is 1. The molecule has 2 aromatic rings. The highest BCUT2D eigenvalue weighted by Gasteiger charge is 2.35. The molecule has 2 aliphatic rings. The molecule has 0 aromatic heterocycles. The van der Waals surface area contributed by atoms with Crippen LogP contribution < -0.4 is 4.90 Å². The fourth-order valence-electron chi connectivity index (χ4n) is 3.47. The zero-order valence-electron chi connectivity index (χ0n) is 14.5. The number of rotatable bonds is 4. The van der Waals surface area contributed by atoms with E-state index >= 15 is 0 Å². The van der Waals surface area contributed by atoms with Gasteiger partial charge in [0.15, 0.2) is 0 Å². The van der Waals surface area contributed by atoms with E-state index in [1.165, 1.54) is 42.9 Å². The Kier molecular flexibility index (Phi) is 3.82. The maximum atomic E-state index is 13.5. The number of halogens is 3. The van der Waals surface area contributed by atoms with E-state index < -0.39 is 11.7 Å². The van der Waals surface area contributed by atoms with Gasteiger partial charge in [-0.1, -0.05) is 17.7 Å². The van der Waals surface area contributed by atoms with E-state index in [4.69, 9.17) is 0 Å². The van der Waals surface area contributed by atoms with Gasteiger partial charge in [-0.2, -0.15) is 13.2 Å². The van der Waals surface area contributed by atoms with Crippen molar-refractivity contribution in [3.8, 4) is 0 Å². The van der Waals surface area contributed by atoms with Gasteiger partial charge in [-0.25, -0.2) is 0 Å². The van der Waals surface area contributed by atoms with Crippen LogP contribution >= 0.6 is 0 Å². The van der Waals surface area contributed by atoms with Crippen LogP contribution in [0.4, 0.5) is 24.5 Å². The molecule has 132 valence electrons. The standard InChI is InChI=1S/C21H22F3N/c1-13-3-8-20(19(9-13)21(22,23)24)25(2)18-11-16(14-4-5-14)10-17(12-18)15-6-7-15/h3,8-12,14-15H,4-7H2,1-2H3. The average Bonchev–Trinajstić information content (AvgIpc) is 3.46. The van der Waals surface area contributed by atoms with Crippen LogP contribution in [0.3, 0.4) is 0 Å². The number of hydrogen-bond acceptors (Lipinski definition) is 1. The number of benzene rings is 2. The molecule has 0 radical (unpaired) electrons. The minimum absolute atomic E-state index is 0.216. The van der Waals surface area contributed by atoms with Crippen LogP contribution in [0.5, 0.6) is 0 Å². The Hall–Kier alpha value is -1.97. The molecule has 0 N–H and O–H groups in total. The van der Waals surface area contributed by atoms with E-state index in [0.29, 0.717) is 17.4 Å². The van der Waals surface area contributed by atoms with Crippen molar-refractivity contribution in [1.82, 2.24) is 0 Å². The van der Waals surface area contributed by atoms with Crippen molar-refractivity contribution in [3.05, 3.63) is 58.7 Å². The van der Waals surface area contributed by atoms with Gasteiger partial charge in [0.2, 0.25) is 0 Å². The SMILES string of the molecule is Cc1ccc(N(C)c2cc(C3CC3)cc(C3CC3)c2)c(C(F)(F)F)c1. The largest absolute Gasteiger partial charge is 0.418 e. The molecule has 2 aromatic carbocycles. The summed E-state index contributed by atoms with van der Waals surface area (Å²) in [7, 11) is 1.74. The summed E-state index contributed by atoms with van der Waals surface area (Å²) >= 11 is 0. The van der Waals surface area contributed by atoms with Crippen molar-refractivity contribution < 1.29 is 13.2 Å². The Labute approximate surface area is 146 Å². The van der Waals surface area contributed by atoms with E-state index in [1.807, 2.05) is 0 Å². The first-order valence-corrected chi connectivity index (χ1v) is 8.89. The highest BCUT2D eigenvalue weighted by Crippen LogP contribution is 2.47. The second-order valence-corrected chi connectivity index (χ2v) is 7.48. The third kappa shape index (κ3) is 3.39. The average molecular weight is 345 g/mol. The molecule has 2 fully saturated rings. The third-order valence-corrected chi connectivity index (χ3v) is 5.27. The molecule has 25 heavy (non-hydrogen) atoms. The lowest BCUT2D eigenvalue weighted by molar-refractivity contribution is -0.137. The van der Waals surface area contributed by atoms with Crippen molar-refractivity contribution in [3.63, 3.8) is 0 Å². The highest BCUT2D eigenvalue weighted by molar-refractivity contribution is 5.68. The monoisotopic (exact) mass is 345 g/mol. The topological polar surface area (TPSA) is 3.24 Å². The first-order valence-electron chi connectivity index (χ1n) is 8.89. The molecule has 4 rings (SSSR count). The predicted octanol–water partition coefficient (Wildman–Crippen LogP) is 6.54. The van der Waals surface area contributed by atoms with Gasteiger partial charge in [0.1, 0.15) is 0 Å². The summed E-state index contributed by atoms with van der Waals surface area (Å²) in [6, 6.07) is 11.0. The van der Waals surface area contributed by atoms with Crippen LogP contribution in [-0.4, -0.2) is 7.05 Å². The van der Waals surface area contributed by atoms with Gasteiger partial charge < -0.3 is 4.90 Å². The van der Waals surface area contributed by atoms with E-state index in [0.717, 1.165) is 5.69 Å². The lowest BCUT2D eigenvalue weighted by Crippen LogP contribution is -2.17. The summed E-state index contributed by atoms with van der Waals surface area (Å²) in [6.07, 6.45) is 0.402. The van der Waals surface area contributed by atoms with Crippen LogP contribution in [-0.2, 0) is 6.18 Å². The number of aryl methyl sites for hydroxylation is 1. The highest BCUT2D eigenvalue weighted by atomic mass is 19.4. The van der Waals surface area contributed by atoms with Gasteiger partial charge in [-0.15, -0.1) is 0 Å². The molecule has 1 nitrogen and oxygen atoms in total. The van der Waals surface area contributed by atoms with E-state index in [2.05, 4.69) is 18.2 Å². The van der Waals surface area contributed by atoms with Gasteiger partial charge in [-0.05, 0) is 79.8 Å². The lowest BCUT2D eigenvalue weighted by atomic mass is 10.0. The summed E-state index contributed by atoms with van der Waals surface area (Å²) in [5.74, 6) is 1.18. The number of anilines is 2. The quantitative estimate of drug-likeness (QED) is 0.608. The van der Waals surface area contributed by atoms with Crippen LogP contribution in [0.15, 0.2) is 36.4 Å². The van der Waals surface area contributed by atoms with Crippen LogP contribution in [0.1, 0.15) is 59.8 Å². The van der Waals surface area contributed by atoms with Gasteiger partial charge in [0, 0.05) is 12.7 Å². The first-order chi connectivity index (χ1) is 11.8. The van der Waals surface area contributed by atoms with Crippen LogP contribution in [0, 0.1) is 6.92 Å². The fourth-order valence-corrected chi connectivity index (χ4v) is 3.47. The molecule has 0 unspecified atom stereocenters. The maximum absolute atomic E-state index is 13.5. The fraction of sp³-hybridized carbons (Fsp3) is 0.429. The molecule has 0 heterocycles. The van der Waals surface area contributed by atoms with Crippen molar-refractivity contribution in [2.24, 2.45) is 0 Å². The van der Waals surface area contributed by atoms with E-state index in [9.17, 15) is 13.2 Å². The summed E-state index contributed by atoms with van der Waals surface area (Å²) in [6.45, 7) is 1.69. The Morgan fingerprint density at radius 3 is 1.92 bits per heavy atom. The Morgan fingerprint density at radius 1 is 0.880 bits per heavy atom. The minimum Gasteiger partial charge on any atom is -0.344 e. The van der Waals surface area contributed by atoms with Gasteiger partial charge in [-0.3, -0.25) is 0 Å². The third-order valence-electron chi connectivity index (χ3n) is 5.27. The van der Waals surface area contributed by atoms with E-state index in [-0.39, 0.29) is 5.69 Å². The summed E-state index contributed by atoms with van der Waals surface area (Å²) in [4.78, 5) is 1.69. The Bertz CT molecular complexity index is 771. The molecule has 4 heteroatoms. The van der Waals surface area contributed by atoms with Gasteiger partial charge in [0.25, 0.3) is 0 Å². The predicted molar refractivity (Wildman–Crippen MR) is 94.6 cm³/mol. The molecule has 0 aliphatic heterocycles.